The summed E-state index contributed by atoms with van der Waals surface area (Å²) in [5.41, 5.74) is 8.42. The normalized spacial score (nSPS) is 19.4. The molecule has 4 rings (SSSR count). The average Bonchev–Trinajstić information content (AvgIpc) is 3.65. The lowest BCUT2D eigenvalue weighted by Crippen LogP contribution is -2.55. The SMILES string of the molecule is Cc1cc(O[C@H](CN2CCN(C(=O)OC(C)(C)C)[C@H](C)C2)c2ccc(C3CC3)cn2)c(I)cc1C(N)=O. The molecule has 1 saturated heterocycles. The Balaban J connectivity index is 1.52. The average molecular weight is 621 g/mol. The molecule has 0 spiro atoms. The van der Waals surface area contributed by atoms with Gasteiger partial charge in [0.2, 0.25) is 5.91 Å². The molecular formula is C28H37IN4O4. The molecule has 0 bridgehead atoms. The Labute approximate surface area is 233 Å². The van der Waals surface area contributed by atoms with E-state index in [4.69, 9.17) is 20.2 Å². The highest BCUT2D eigenvalue weighted by molar-refractivity contribution is 14.1. The number of aromatic nitrogens is 1. The molecular weight excluding hydrogens is 583 g/mol. The maximum Gasteiger partial charge on any atom is 0.410 e. The Bertz CT molecular complexity index is 1140. The number of hydrogen-bond acceptors (Lipinski definition) is 6. The van der Waals surface area contributed by atoms with Gasteiger partial charge in [-0.1, -0.05) is 6.07 Å². The number of rotatable bonds is 7. The van der Waals surface area contributed by atoms with Gasteiger partial charge < -0.3 is 20.1 Å². The van der Waals surface area contributed by atoms with Crippen LogP contribution in [0, 0.1) is 10.5 Å². The van der Waals surface area contributed by atoms with E-state index >= 15 is 0 Å². The van der Waals surface area contributed by atoms with E-state index in [0.29, 0.717) is 43.4 Å². The predicted molar refractivity (Wildman–Crippen MR) is 151 cm³/mol. The van der Waals surface area contributed by atoms with E-state index in [1.54, 1.807) is 11.0 Å². The van der Waals surface area contributed by atoms with Gasteiger partial charge in [-0.05, 0) is 105 Å². The number of aryl methyl sites for hydroxylation is 1. The molecule has 8 nitrogen and oxygen atoms in total. The van der Waals surface area contributed by atoms with Crippen molar-refractivity contribution < 1.29 is 19.1 Å². The molecule has 1 aliphatic carbocycles. The van der Waals surface area contributed by atoms with Gasteiger partial charge in [0, 0.05) is 44.0 Å². The summed E-state index contributed by atoms with van der Waals surface area (Å²) >= 11 is 2.18. The summed E-state index contributed by atoms with van der Waals surface area (Å²) in [5.74, 6) is 0.877. The summed E-state index contributed by atoms with van der Waals surface area (Å²) in [7, 11) is 0. The van der Waals surface area contributed by atoms with Crippen molar-refractivity contribution in [1.82, 2.24) is 14.8 Å². The van der Waals surface area contributed by atoms with Crippen LogP contribution in [-0.4, -0.2) is 64.6 Å². The minimum atomic E-state index is -0.523. The molecule has 37 heavy (non-hydrogen) atoms. The molecule has 1 aromatic heterocycles. The third-order valence-electron chi connectivity index (χ3n) is 6.77. The van der Waals surface area contributed by atoms with Crippen molar-refractivity contribution >= 4 is 34.6 Å². The minimum absolute atomic E-state index is 0.00619. The summed E-state index contributed by atoms with van der Waals surface area (Å²) in [5, 5.41) is 0. The molecule has 2 amide bonds. The minimum Gasteiger partial charge on any atom is -0.482 e. The first-order chi connectivity index (χ1) is 17.4. The van der Waals surface area contributed by atoms with Gasteiger partial charge >= 0.3 is 6.09 Å². The zero-order valence-electron chi connectivity index (χ0n) is 22.3. The number of primary amides is 1. The lowest BCUT2D eigenvalue weighted by atomic mass is 10.1. The second-order valence-corrected chi connectivity index (χ2v) is 12.3. The number of hydrogen-bond donors (Lipinski definition) is 1. The van der Waals surface area contributed by atoms with Crippen LogP contribution in [0.1, 0.15) is 79.7 Å². The van der Waals surface area contributed by atoms with Crippen LogP contribution in [0.15, 0.2) is 30.5 Å². The second-order valence-electron chi connectivity index (χ2n) is 11.1. The monoisotopic (exact) mass is 620 g/mol. The van der Waals surface area contributed by atoms with Gasteiger partial charge in [0.1, 0.15) is 11.4 Å². The molecule has 9 heteroatoms. The van der Waals surface area contributed by atoms with Gasteiger partial charge in [-0.2, -0.15) is 0 Å². The highest BCUT2D eigenvalue weighted by Crippen LogP contribution is 2.40. The van der Waals surface area contributed by atoms with Crippen LogP contribution in [0.2, 0.25) is 0 Å². The van der Waals surface area contributed by atoms with Crippen LogP contribution < -0.4 is 10.5 Å². The molecule has 1 aromatic carbocycles. The molecule has 0 unspecified atom stereocenters. The van der Waals surface area contributed by atoms with Crippen molar-refractivity contribution in [3.63, 3.8) is 0 Å². The second kappa shape index (κ2) is 11.1. The Morgan fingerprint density at radius 3 is 2.51 bits per heavy atom. The number of amides is 2. The first-order valence-corrected chi connectivity index (χ1v) is 13.9. The van der Waals surface area contributed by atoms with E-state index in [1.165, 1.54) is 18.4 Å². The number of benzene rings is 1. The number of nitrogens with zero attached hydrogens (tertiary/aromatic N) is 3. The first kappa shape index (κ1) is 27.6. The third-order valence-corrected chi connectivity index (χ3v) is 7.61. The molecule has 1 saturated carbocycles. The van der Waals surface area contributed by atoms with Crippen LogP contribution in [0.4, 0.5) is 4.79 Å². The van der Waals surface area contributed by atoms with Gasteiger partial charge in [-0.25, -0.2) is 4.79 Å². The molecule has 2 heterocycles. The quantitative estimate of drug-likeness (QED) is 0.437. The molecule has 2 N–H and O–H groups in total. The molecule has 1 aliphatic heterocycles. The van der Waals surface area contributed by atoms with Crippen molar-refractivity contribution in [2.45, 2.75) is 71.1 Å². The van der Waals surface area contributed by atoms with Gasteiger partial charge in [0.15, 0.2) is 6.10 Å². The third kappa shape index (κ3) is 7.13. The summed E-state index contributed by atoms with van der Waals surface area (Å²) in [6.45, 7) is 12.2. The molecule has 2 aromatic rings. The van der Waals surface area contributed by atoms with Crippen LogP contribution in [0.25, 0.3) is 0 Å². The fourth-order valence-electron chi connectivity index (χ4n) is 4.65. The lowest BCUT2D eigenvalue weighted by Gasteiger charge is -2.41. The number of halogens is 1. The van der Waals surface area contributed by atoms with Crippen LogP contribution in [-0.2, 0) is 4.74 Å². The lowest BCUT2D eigenvalue weighted by molar-refractivity contribution is -0.00319. The van der Waals surface area contributed by atoms with E-state index in [1.807, 2.05) is 46.9 Å². The van der Waals surface area contributed by atoms with Crippen molar-refractivity contribution in [3.8, 4) is 5.75 Å². The summed E-state index contributed by atoms with van der Waals surface area (Å²) in [6.07, 6.45) is 3.83. The number of piperazine rings is 1. The fourth-order valence-corrected chi connectivity index (χ4v) is 5.24. The number of carbonyl (C=O) groups is 2. The Morgan fingerprint density at radius 1 is 1.22 bits per heavy atom. The summed E-state index contributed by atoms with van der Waals surface area (Å²) < 4.78 is 13.0. The van der Waals surface area contributed by atoms with E-state index in [-0.39, 0.29) is 18.2 Å². The standard InChI is InChI=1S/C28H37IN4O4/c1-17-12-24(22(29)13-21(17)26(30)34)36-25(23-9-8-20(14-31-23)19-6-7-19)16-32-10-11-33(18(2)15-32)27(35)37-28(3,4)5/h8-9,12-14,18-19,25H,6-7,10-11,15-16H2,1-5H3,(H2,30,34)/t18-,25-/m1/s1. The molecule has 2 fully saturated rings. The number of pyridine rings is 1. The zero-order chi connectivity index (χ0) is 26.9. The molecule has 2 atom stereocenters. The highest BCUT2D eigenvalue weighted by Gasteiger charge is 2.33. The Kier molecular flexibility index (Phi) is 8.32. The van der Waals surface area contributed by atoms with Gasteiger partial charge in [-0.15, -0.1) is 0 Å². The number of ether oxygens (including phenoxy) is 2. The van der Waals surface area contributed by atoms with E-state index in [9.17, 15) is 9.59 Å². The van der Waals surface area contributed by atoms with Gasteiger partial charge in [0.05, 0.1) is 9.26 Å². The maximum absolute atomic E-state index is 12.7. The van der Waals surface area contributed by atoms with Crippen LogP contribution in [0.3, 0.4) is 0 Å². The largest absolute Gasteiger partial charge is 0.482 e. The smallest absolute Gasteiger partial charge is 0.410 e. The number of nitrogens with two attached hydrogens (primary N) is 1. The predicted octanol–water partition coefficient (Wildman–Crippen LogP) is 5.03. The topological polar surface area (TPSA) is 98.0 Å². The van der Waals surface area contributed by atoms with E-state index < -0.39 is 11.5 Å². The van der Waals surface area contributed by atoms with Gasteiger partial charge in [-0.3, -0.25) is 14.7 Å². The zero-order valence-corrected chi connectivity index (χ0v) is 24.4. The first-order valence-electron chi connectivity index (χ1n) is 12.9. The molecule has 0 radical (unpaired) electrons. The van der Waals surface area contributed by atoms with E-state index in [2.05, 4.69) is 39.6 Å². The van der Waals surface area contributed by atoms with Crippen LogP contribution in [0.5, 0.6) is 5.75 Å². The summed E-state index contributed by atoms with van der Waals surface area (Å²) in [4.78, 5) is 33.4. The van der Waals surface area contributed by atoms with Crippen molar-refractivity contribution in [3.05, 3.63) is 56.4 Å². The van der Waals surface area contributed by atoms with Crippen molar-refractivity contribution in [2.24, 2.45) is 5.73 Å². The molecule has 200 valence electrons. The number of carbonyl (C=O) groups excluding carboxylic acids is 2. The highest BCUT2D eigenvalue weighted by atomic mass is 127. The fraction of sp³-hybridized carbons (Fsp3) is 0.536. The van der Waals surface area contributed by atoms with Gasteiger partial charge in [0.25, 0.3) is 0 Å². The Hall–Kier alpha value is -2.40. The van der Waals surface area contributed by atoms with E-state index in [0.717, 1.165) is 14.8 Å². The van der Waals surface area contributed by atoms with Crippen molar-refractivity contribution in [2.75, 3.05) is 26.2 Å². The van der Waals surface area contributed by atoms with Crippen LogP contribution >= 0.6 is 22.6 Å². The Morgan fingerprint density at radius 2 is 1.95 bits per heavy atom. The maximum atomic E-state index is 12.7. The van der Waals surface area contributed by atoms with Crippen molar-refractivity contribution in [1.29, 1.82) is 0 Å². The summed E-state index contributed by atoms with van der Waals surface area (Å²) in [6, 6.07) is 7.88. The molecule has 2 aliphatic rings.